The van der Waals surface area contributed by atoms with E-state index in [2.05, 4.69) is 19.9 Å². The normalized spacial score (nSPS) is 11.3. The smallest absolute Gasteiger partial charge is 0.263 e. The molecule has 10 nitrogen and oxygen atoms in total. The summed E-state index contributed by atoms with van der Waals surface area (Å²) in [5.41, 5.74) is 0.435. The van der Waals surface area contributed by atoms with Gasteiger partial charge in [0.15, 0.2) is 12.6 Å². The third-order valence-corrected chi connectivity index (χ3v) is 7.52. The number of ether oxygens (including phenoxy) is 1. The monoisotopic (exact) mass is 614 g/mol. The molecule has 0 unspecified atom stereocenters. The van der Waals surface area contributed by atoms with Crippen molar-refractivity contribution in [1.29, 1.82) is 0 Å². The van der Waals surface area contributed by atoms with Crippen LogP contribution in [-0.2, 0) is 10.0 Å². The van der Waals surface area contributed by atoms with Gasteiger partial charge in [-0.3, -0.25) is 14.3 Å². The van der Waals surface area contributed by atoms with Crippen molar-refractivity contribution >= 4 is 39.8 Å². The number of phenols is 1. The number of aromatic hydroxyl groups is 1. The van der Waals surface area contributed by atoms with E-state index in [0.29, 0.717) is 12.6 Å². The first-order chi connectivity index (χ1) is 21.2. The average Bonchev–Trinajstić information content (AvgIpc) is 3.01. The number of carbonyl (C=O) groups is 2. The molecule has 0 atom stereocenters. The zero-order valence-electron chi connectivity index (χ0n) is 22.4. The van der Waals surface area contributed by atoms with E-state index in [1.54, 1.807) is 12.1 Å². The molecular formula is C31H20F2N4O6S. The maximum atomic E-state index is 14.3. The molecule has 220 valence electrons. The van der Waals surface area contributed by atoms with Crippen molar-refractivity contribution in [2.24, 2.45) is 10.2 Å². The van der Waals surface area contributed by atoms with Gasteiger partial charge in [0.1, 0.15) is 34.7 Å². The van der Waals surface area contributed by atoms with Crippen molar-refractivity contribution in [2.75, 3.05) is 4.72 Å². The fraction of sp³-hybridized carbons (Fsp3) is 0. The van der Waals surface area contributed by atoms with Crippen LogP contribution in [0.5, 0.6) is 17.2 Å². The molecule has 44 heavy (non-hydrogen) atoms. The summed E-state index contributed by atoms with van der Waals surface area (Å²) in [6.45, 7) is 0. The molecule has 13 heteroatoms. The molecule has 0 radical (unpaired) electrons. The van der Waals surface area contributed by atoms with Gasteiger partial charge in [-0.15, -0.1) is 0 Å². The van der Waals surface area contributed by atoms with Gasteiger partial charge in [-0.05, 0) is 66.2 Å². The standard InChI is InChI=1S/C31H20F2N4O6S/c32-21-5-10-25(27(33)14-21)19-4-11-29(20(13-19)17-38)43-30-16-23(15-28(40)26(30)18-39)36-35-22-6-8-24(9-7-22)44(41,42)37-31-3-1-2-12-34-31/h1-18,40H,(H,34,37). The average molecular weight is 615 g/mol. The Hall–Kier alpha value is -5.82. The van der Waals surface area contributed by atoms with Crippen LogP contribution in [0.1, 0.15) is 20.7 Å². The summed E-state index contributed by atoms with van der Waals surface area (Å²) < 4.78 is 61.0. The largest absolute Gasteiger partial charge is 0.507 e. The van der Waals surface area contributed by atoms with Crippen LogP contribution in [0.25, 0.3) is 11.1 Å². The van der Waals surface area contributed by atoms with E-state index < -0.39 is 27.4 Å². The molecule has 1 aromatic heterocycles. The summed E-state index contributed by atoms with van der Waals surface area (Å²) in [6.07, 6.45) is 2.26. The van der Waals surface area contributed by atoms with Crippen molar-refractivity contribution in [3.63, 3.8) is 0 Å². The molecule has 0 amide bonds. The van der Waals surface area contributed by atoms with Crippen LogP contribution >= 0.6 is 0 Å². The molecule has 1 heterocycles. The number of halogens is 2. The maximum absolute atomic E-state index is 14.3. The van der Waals surface area contributed by atoms with Crippen molar-refractivity contribution in [2.45, 2.75) is 4.90 Å². The molecule has 0 bridgehead atoms. The summed E-state index contributed by atoms with van der Waals surface area (Å²) in [4.78, 5) is 27.5. The first-order valence-electron chi connectivity index (χ1n) is 12.7. The highest BCUT2D eigenvalue weighted by Gasteiger charge is 2.17. The molecule has 0 saturated carbocycles. The minimum absolute atomic E-state index is 0.0119. The van der Waals surface area contributed by atoms with Gasteiger partial charge in [0.25, 0.3) is 10.0 Å². The topological polar surface area (TPSA) is 147 Å². The van der Waals surface area contributed by atoms with E-state index in [1.807, 2.05) is 0 Å². The van der Waals surface area contributed by atoms with Gasteiger partial charge in [0, 0.05) is 30.0 Å². The fourth-order valence-corrected chi connectivity index (χ4v) is 5.04. The molecular weight excluding hydrogens is 594 g/mol. The SMILES string of the molecule is O=Cc1cc(-c2ccc(F)cc2F)ccc1Oc1cc(N=Nc2ccc(S(=O)(=O)Nc3ccccn3)cc2)cc(O)c1C=O. The molecule has 2 N–H and O–H groups in total. The van der Waals surface area contributed by atoms with Crippen LogP contribution in [0.3, 0.4) is 0 Å². The third-order valence-electron chi connectivity index (χ3n) is 6.15. The highest BCUT2D eigenvalue weighted by Crippen LogP contribution is 2.37. The summed E-state index contributed by atoms with van der Waals surface area (Å²) >= 11 is 0. The van der Waals surface area contributed by atoms with E-state index in [0.717, 1.165) is 18.2 Å². The number of nitrogens with one attached hydrogen (secondary N) is 1. The Morgan fingerprint density at radius 3 is 2.27 bits per heavy atom. The van der Waals surface area contributed by atoms with Crippen LogP contribution in [0, 0.1) is 11.6 Å². The molecule has 5 aromatic rings. The Kier molecular flexibility index (Phi) is 8.49. The predicted molar refractivity (Wildman–Crippen MR) is 156 cm³/mol. The van der Waals surface area contributed by atoms with Crippen LogP contribution in [0.2, 0.25) is 0 Å². The van der Waals surface area contributed by atoms with E-state index >= 15 is 0 Å². The van der Waals surface area contributed by atoms with Crippen molar-refractivity contribution < 1.29 is 36.6 Å². The van der Waals surface area contributed by atoms with Crippen LogP contribution < -0.4 is 9.46 Å². The summed E-state index contributed by atoms with van der Waals surface area (Å²) in [6, 6.07) is 19.9. The van der Waals surface area contributed by atoms with Gasteiger partial charge in [-0.2, -0.15) is 10.2 Å². The Labute approximate surface area is 249 Å². The number of pyridine rings is 1. The van der Waals surface area contributed by atoms with E-state index in [-0.39, 0.29) is 55.8 Å². The first-order valence-corrected chi connectivity index (χ1v) is 14.2. The third kappa shape index (κ3) is 6.63. The number of phenolic OH excluding ortho intramolecular Hbond substituents is 1. The quantitative estimate of drug-likeness (QED) is 0.123. The van der Waals surface area contributed by atoms with Crippen LogP contribution in [0.4, 0.5) is 26.0 Å². The summed E-state index contributed by atoms with van der Waals surface area (Å²) in [7, 11) is -3.90. The van der Waals surface area contributed by atoms with Gasteiger partial charge in [0.05, 0.1) is 27.4 Å². The second kappa shape index (κ2) is 12.6. The van der Waals surface area contributed by atoms with Gasteiger partial charge in [-0.25, -0.2) is 22.2 Å². The summed E-state index contributed by atoms with van der Waals surface area (Å²) in [5, 5.41) is 18.5. The number of carbonyl (C=O) groups excluding carboxylic acids is 2. The van der Waals surface area contributed by atoms with Gasteiger partial charge in [-0.1, -0.05) is 12.1 Å². The second-order valence-corrected chi connectivity index (χ2v) is 10.8. The molecule has 4 aromatic carbocycles. The minimum atomic E-state index is -3.90. The van der Waals surface area contributed by atoms with Crippen LogP contribution in [-0.4, -0.2) is 31.1 Å². The lowest BCUT2D eigenvalue weighted by atomic mass is 10.0. The molecule has 0 spiro atoms. The number of hydrogen-bond acceptors (Lipinski definition) is 9. The number of anilines is 1. The molecule has 0 saturated heterocycles. The number of rotatable bonds is 10. The maximum Gasteiger partial charge on any atom is 0.263 e. The molecule has 5 rings (SSSR count). The Morgan fingerprint density at radius 1 is 0.818 bits per heavy atom. The number of hydrogen-bond donors (Lipinski definition) is 2. The number of aldehydes is 2. The van der Waals surface area contributed by atoms with Gasteiger partial charge >= 0.3 is 0 Å². The lowest BCUT2D eigenvalue weighted by Gasteiger charge is -2.13. The van der Waals surface area contributed by atoms with Crippen molar-refractivity contribution in [3.05, 3.63) is 120 Å². The van der Waals surface area contributed by atoms with E-state index in [1.165, 1.54) is 66.9 Å². The Balaban J connectivity index is 1.38. The zero-order chi connectivity index (χ0) is 31.3. The fourth-order valence-electron chi connectivity index (χ4n) is 4.03. The number of nitrogens with zero attached hydrogens (tertiary/aromatic N) is 3. The molecule has 0 aliphatic rings. The Morgan fingerprint density at radius 2 is 1.59 bits per heavy atom. The molecule has 0 aliphatic heterocycles. The lowest BCUT2D eigenvalue weighted by molar-refractivity contribution is 0.111. The highest BCUT2D eigenvalue weighted by atomic mass is 32.2. The van der Waals surface area contributed by atoms with Crippen LogP contribution in [0.15, 0.2) is 112 Å². The van der Waals surface area contributed by atoms with E-state index in [9.17, 15) is 31.9 Å². The number of benzene rings is 4. The molecule has 0 aliphatic carbocycles. The van der Waals surface area contributed by atoms with Crippen molar-refractivity contribution in [1.82, 2.24) is 4.98 Å². The summed E-state index contributed by atoms with van der Waals surface area (Å²) in [5.74, 6) is -2.06. The van der Waals surface area contributed by atoms with Crippen molar-refractivity contribution in [3.8, 4) is 28.4 Å². The second-order valence-electron chi connectivity index (χ2n) is 9.11. The number of sulfonamides is 1. The Bertz CT molecular complexity index is 2000. The number of aromatic nitrogens is 1. The lowest BCUT2D eigenvalue weighted by Crippen LogP contribution is -2.13. The van der Waals surface area contributed by atoms with Gasteiger partial charge in [0.2, 0.25) is 0 Å². The number of azo groups is 1. The first kappa shape index (κ1) is 29.7. The molecule has 0 fully saturated rings. The highest BCUT2D eigenvalue weighted by molar-refractivity contribution is 7.92. The zero-order valence-corrected chi connectivity index (χ0v) is 23.2. The predicted octanol–water partition coefficient (Wildman–Crippen LogP) is 7.37. The van der Waals surface area contributed by atoms with E-state index in [4.69, 9.17) is 4.74 Å². The minimum Gasteiger partial charge on any atom is -0.507 e. The van der Waals surface area contributed by atoms with Gasteiger partial charge < -0.3 is 9.84 Å².